The lowest BCUT2D eigenvalue weighted by molar-refractivity contribution is 0.424. The fourth-order valence-corrected chi connectivity index (χ4v) is 1.76. The summed E-state index contributed by atoms with van der Waals surface area (Å²) in [7, 11) is 0. The maximum Gasteiger partial charge on any atom is 0.133 e. The van der Waals surface area contributed by atoms with Crippen molar-refractivity contribution < 1.29 is 17.6 Å². The van der Waals surface area contributed by atoms with Crippen molar-refractivity contribution in [2.75, 3.05) is 0 Å². The Balaban J connectivity index is 2.33. The van der Waals surface area contributed by atoms with Gasteiger partial charge in [0.1, 0.15) is 23.2 Å². The third-order valence-corrected chi connectivity index (χ3v) is 2.58. The molecule has 0 spiro atoms. The molecule has 96 valence electrons. The molecular weight excluding hydrogens is 245 g/mol. The highest BCUT2D eigenvalue weighted by molar-refractivity contribution is 5.25. The molecule has 0 fully saturated rings. The Morgan fingerprint density at radius 1 is 1.22 bits per heavy atom. The number of hydrogen-bond acceptors (Lipinski definition) is 3. The minimum atomic E-state index is -0.984. The molecule has 18 heavy (non-hydrogen) atoms. The fourth-order valence-electron chi connectivity index (χ4n) is 1.76. The van der Waals surface area contributed by atoms with Crippen LogP contribution in [-0.2, 0) is 6.42 Å². The Bertz CT molecular complexity index is 505. The normalized spacial score (nSPS) is 12.7. The highest BCUT2D eigenvalue weighted by Gasteiger charge is 2.21. The van der Waals surface area contributed by atoms with Crippen LogP contribution in [0.5, 0.6) is 0 Å². The van der Waals surface area contributed by atoms with Gasteiger partial charge in [0, 0.05) is 24.1 Å². The van der Waals surface area contributed by atoms with Gasteiger partial charge in [0.05, 0.1) is 12.3 Å². The average molecular weight is 256 g/mol. The van der Waals surface area contributed by atoms with E-state index in [0.717, 1.165) is 0 Å². The lowest BCUT2D eigenvalue weighted by Crippen LogP contribution is -2.31. The number of halogens is 3. The zero-order chi connectivity index (χ0) is 13.1. The van der Waals surface area contributed by atoms with Gasteiger partial charge in [-0.3, -0.25) is 11.3 Å². The third kappa shape index (κ3) is 2.55. The van der Waals surface area contributed by atoms with Gasteiger partial charge in [0.2, 0.25) is 0 Å². The molecule has 0 saturated heterocycles. The van der Waals surface area contributed by atoms with Crippen molar-refractivity contribution in [1.29, 1.82) is 0 Å². The van der Waals surface area contributed by atoms with E-state index in [2.05, 4.69) is 5.43 Å². The van der Waals surface area contributed by atoms with Crippen molar-refractivity contribution >= 4 is 0 Å². The van der Waals surface area contributed by atoms with Crippen LogP contribution in [0, 0.1) is 17.5 Å². The first-order valence-electron chi connectivity index (χ1n) is 5.24. The summed E-state index contributed by atoms with van der Waals surface area (Å²) < 4.78 is 45.0. The van der Waals surface area contributed by atoms with Gasteiger partial charge in [-0.25, -0.2) is 13.2 Å². The van der Waals surface area contributed by atoms with Crippen LogP contribution in [-0.4, -0.2) is 0 Å². The van der Waals surface area contributed by atoms with Crippen LogP contribution in [0.3, 0.4) is 0 Å². The summed E-state index contributed by atoms with van der Waals surface area (Å²) in [6.45, 7) is 0. The first-order valence-corrected chi connectivity index (χ1v) is 5.24. The fraction of sp³-hybridized carbons (Fsp3) is 0.167. The van der Waals surface area contributed by atoms with E-state index in [9.17, 15) is 13.2 Å². The Labute approximate surface area is 101 Å². The molecule has 0 radical (unpaired) electrons. The van der Waals surface area contributed by atoms with Gasteiger partial charge in [0.15, 0.2) is 0 Å². The standard InChI is InChI=1S/C12H11F3N2O/c13-7-4-9(14)12(10(15)5-7)11(17-16)6-8-2-1-3-18-8/h1-5,11,17H,6,16H2. The van der Waals surface area contributed by atoms with Crippen LogP contribution in [0.2, 0.25) is 0 Å². The second-order valence-electron chi connectivity index (χ2n) is 3.79. The van der Waals surface area contributed by atoms with E-state index < -0.39 is 23.5 Å². The van der Waals surface area contributed by atoms with E-state index in [1.54, 1.807) is 12.1 Å². The quantitative estimate of drug-likeness (QED) is 0.652. The monoisotopic (exact) mass is 256 g/mol. The molecule has 3 nitrogen and oxygen atoms in total. The topological polar surface area (TPSA) is 51.2 Å². The number of nitrogens with two attached hydrogens (primary N) is 1. The van der Waals surface area contributed by atoms with Gasteiger partial charge < -0.3 is 4.42 Å². The molecule has 6 heteroatoms. The number of nitrogens with one attached hydrogen (secondary N) is 1. The number of furan rings is 1. The third-order valence-electron chi connectivity index (χ3n) is 2.58. The van der Waals surface area contributed by atoms with Crippen LogP contribution >= 0.6 is 0 Å². The molecule has 0 saturated carbocycles. The SMILES string of the molecule is NNC(Cc1ccco1)c1c(F)cc(F)cc1F. The minimum Gasteiger partial charge on any atom is -0.469 e. The molecule has 1 atom stereocenters. The van der Waals surface area contributed by atoms with Gasteiger partial charge >= 0.3 is 0 Å². The molecule has 1 unspecified atom stereocenters. The first-order chi connectivity index (χ1) is 8.61. The van der Waals surface area contributed by atoms with Crippen molar-refractivity contribution in [3.8, 4) is 0 Å². The number of rotatable bonds is 4. The predicted molar refractivity (Wildman–Crippen MR) is 58.8 cm³/mol. The predicted octanol–water partition coefficient (Wildman–Crippen LogP) is 2.44. The molecule has 0 amide bonds. The number of benzene rings is 1. The lowest BCUT2D eigenvalue weighted by Gasteiger charge is -2.16. The summed E-state index contributed by atoms with van der Waals surface area (Å²) in [5.74, 6) is 2.85. The van der Waals surface area contributed by atoms with Crippen LogP contribution < -0.4 is 11.3 Å². The van der Waals surface area contributed by atoms with Crippen molar-refractivity contribution in [3.63, 3.8) is 0 Å². The van der Waals surface area contributed by atoms with Crippen LogP contribution in [0.15, 0.2) is 34.9 Å². The van der Waals surface area contributed by atoms with Gasteiger partial charge in [-0.2, -0.15) is 0 Å². The molecule has 0 aliphatic heterocycles. The van der Waals surface area contributed by atoms with Crippen LogP contribution in [0.25, 0.3) is 0 Å². The molecule has 0 aliphatic carbocycles. The first kappa shape index (κ1) is 12.7. The molecule has 0 bridgehead atoms. The van der Waals surface area contributed by atoms with Gasteiger partial charge in [-0.05, 0) is 12.1 Å². The molecule has 3 N–H and O–H groups in total. The van der Waals surface area contributed by atoms with Crippen molar-refractivity contribution in [2.45, 2.75) is 12.5 Å². The molecule has 0 aliphatic rings. The lowest BCUT2D eigenvalue weighted by atomic mass is 10.0. The summed E-state index contributed by atoms with van der Waals surface area (Å²) in [4.78, 5) is 0. The van der Waals surface area contributed by atoms with E-state index in [1.807, 2.05) is 0 Å². The summed E-state index contributed by atoms with van der Waals surface area (Å²) in [5.41, 5.74) is 1.99. The maximum absolute atomic E-state index is 13.6. The van der Waals surface area contributed by atoms with E-state index in [-0.39, 0.29) is 12.0 Å². The van der Waals surface area contributed by atoms with E-state index in [0.29, 0.717) is 17.9 Å². The molecule has 1 aromatic heterocycles. The van der Waals surface area contributed by atoms with E-state index in [1.165, 1.54) is 6.26 Å². The molecule has 1 heterocycles. The summed E-state index contributed by atoms with van der Waals surface area (Å²) in [6, 6.07) is 3.71. The van der Waals surface area contributed by atoms with Crippen molar-refractivity contribution in [1.82, 2.24) is 5.43 Å². The van der Waals surface area contributed by atoms with Gasteiger partial charge in [-0.15, -0.1) is 0 Å². The van der Waals surface area contributed by atoms with Gasteiger partial charge in [0.25, 0.3) is 0 Å². The highest BCUT2D eigenvalue weighted by Crippen LogP contribution is 2.24. The molecular formula is C12H11F3N2O. The smallest absolute Gasteiger partial charge is 0.133 e. The zero-order valence-electron chi connectivity index (χ0n) is 9.29. The summed E-state index contributed by atoms with van der Waals surface area (Å²) in [6.07, 6.45) is 1.60. The summed E-state index contributed by atoms with van der Waals surface area (Å²) >= 11 is 0. The van der Waals surface area contributed by atoms with E-state index in [4.69, 9.17) is 10.3 Å². The van der Waals surface area contributed by atoms with Crippen LogP contribution in [0.4, 0.5) is 13.2 Å². The van der Waals surface area contributed by atoms with Gasteiger partial charge in [-0.1, -0.05) is 0 Å². The minimum absolute atomic E-state index is 0.156. The van der Waals surface area contributed by atoms with Crippen molar-refractivity contribution in [2.24, 2.45) is 5.84 Å². The summed E-state index contributed by atoms with van der Waals surface area (Å²) in [5, 5.41) is 0. The second-order valence-corrected chi connectivity index (χ2v) is 3.79. The Morgan fingerprint density at radius 2 is 1.89 bits per heavy atom. The second kappa shape index (κ2) is 5.24. The molecule has 2 rings (SSSR count). The number of hydrogen-bond donors (Lipinski definition) is 2. The highest BCUT2D eigenvalue weighted by atomic mass is 19.1. The number of hydrazine groups is 1. The maximum atomic E-state index is 13.6. The van der Waals surface area contributed by atoms with Crippen LogP contribution in [0.1, 0.15) is 17.4 Å². The van der Waals surface area contributed by atoms with E-state index >= 15 is 0 Å². The van der Waals surface area contributed by atoms with Crippen molar-refractivity contribution in [3.05, 3.63) is 59.3 Å². The molecule has 1 aromatic carbocycles. The largest absolute Gasteiger partial charge is 0.469 e. The Morgan fingerprint density at radius 3 is 2.39 bits per heavy atom. The Hall–Kier alpha value is -1.79. The zero-order valence-corrected chi connectivity index (χ0v) is 9.29. The molecule has 2 aromatic rings. The Kier molecular flexibility index (Phi) is 3.69. The average Bonchev–Trinajstić information content (AvgIpc) is 2.79.